The van der Waals surface area contributed by atoms with Crippen molar-refractivity contribution in [2.45, 2.75) is 40.2 Å². The number of phenolic OH excluding ortho intramolecular Hbond substituents is 1. The van der Waals surface area contributed by atoms with E-state index in [-0.39, 0.29) is 5.75 Å². The average molecular weight is 338 g/mol. The number of hydrogen-bond acceptors (Lipinski definition) is 3. The fourth-order valence-electron chi connectivity index (χ4n) is 2.99. The van der Waals surface area contributed by atoms with E-state index in [1.54, 1.807) is 12.1 Å². The summed E-state index contributed by atoms with van der Waals surface area (Å²) in [5.74, 6) is 2.82. The van der Waals surface area contributed by atoms with Gasteiger partial charge in [-0.15, -0.1) is 0 Å². The predicted molar refractivity (Wildman–Crippen MR) is 101 cm³/mol. The van der Waals surface area contributed by atoms with Gasteiger partial charge >= 0.3 is 0 Å². The number of rotatable bonds is 7. The zero-order valence-electron chi connectivity index (χ0n) is 15.2. The van der Waals surface area contributed by atoms with Gasteiger partial charge in [0.05, 0.1) is 17.6 Å². The smallest absolute Gasteiger partial charge is 0.119 e. The predicted octanol–water partition coefficient (Wildman–Crippen LogP) is 4.78. The Morgan fingerprint density at radius 1 is 1.12 bits per heavy atom. The lowest BCUT2D eigenvalue weighted by Crippen LogP contribution is -2.07. The van der Waals surface area contributed by atoms with Crippen LogP contribution in [0.5, 0.6) is 11.5 Å². The molecule has 132 valence electrons. The molecule has 0 spiro atoms. The molecule has 0 saturated heterocycles. The summed E-state index contributed by atoms with van der Waals surface area (Å²) in [5.41, 5.74) is 3.14. The number of ether oxygens (including phenoxy) is 1. The number of fused-ring (bicyclic) bond motifs is 1. The van der Waals surface area contributed by atoms with Gasteiger partial charge in [-0.25, -0.2) is 4.98 Å². The molecule has 3 rings (SSSR count). The van der Waals surface area contributed by atoms with Crippen molar-refractivity contribution >= 4 is 11.0 Å². The molecule has 3 aromatic rings. The molecule has 0 aliphatic carbocycles. The molecular formula is C21H26N2O2. The van der Waals surface area contributed by atoms with Crippen LogP contribution in [0.25, 0.3) is 11.0 Å². The van der Waals surface area contributed by atoms with Crippen LogP contribution in [0.4, 0.5) is 0 Å². The van der Waals surface area contributed by atoms with E-state index in [1.807, 2.05) is 25.1 Å². The maximum atomic E-state index is 9.76. The zero-order chi connectivity index (χ0) is 17.8. The highest BCUT2D eigenvalue weighted by Gasteiger charge is 2.12. The van der Waals surface area contributed by atoms with Crippen LogP contribution in [-0.4, -0.2) is 21.3 Å². The van der Waals surface area contributed by atoms with Gasteiger partial charge in [0.1, 0.15) is 17.3 Å². The molecule has 0 aliphatic rings. The molecule has 1 N–H and O–H groups in total. The van der Waals surface area contributed by atoms with E-state index in [0.29, 0.717) is 12.5 Å². The molecule has 0 amide bonds. The second-order valence-electron chi connectivity index (χ2n) is 6.79. The lowest BCUT2D eigenvalue weighted by molar-refractivity contribution is 0.340. The lowest BCUT2D eigenvalue weighted by Gasteiger charge is -2.11. The average Bonchev–Trinajstić information content (AvgIpc) is 2.91. The Labute approximate surface area is 149 Å². The fourth-order valence-corrected chi connectivity index (χ4v) is 2.99. The molecular weight excluding hydrogens is 312 g/mol. The highest BCUT2D eigenvalue weighted by molar-refractivity contribution is 5.77. The Morgan fingerprint density at radius 2 is 1.88 bits per heavy atom. The first-order chi connectivity index (χ1) is 12.1. The first kappa shape index (κ1) is 17.3. The van der Waals surface area contributed by atoms with Crippen LogP contribution >= 0.6 is 0 Å². The summed E-state index contributed by atoms with van der Waals surface area (Å²) in [6.45, 7) is 8.06. The summed E-state index contributed by atoms with van der Waals surface area (Å²) in [6, 6.07) is 13.6. The topological polar surface area (TPSA) is 47.3 Å². The van der Waals surface area contributed by atoms with Crippen molar-refractivity contribution in [1.82, 2.24) is 9.55 Å². The van der Waals surface area contributed by atoms with Gasteiger partial charge < -0.3 is 14.4 Å². The number of aryl methyl sites for hydroxylation is 1. The molecule has 1 heterocycles. The van der Waals surface area contributed by atoms with Crippen LogP contribution in [0, 0.1) is 5.92 Å². The van der Waals surface area contributed by atoms with E-state index in [4.69, 9.17) is 9.72 Å². The first-order valence-electron chi connectivity index (χ1n) is 8.96. The normalized spacial score (nSPS) is 11.4. The largest absolute Gasteiger partial charge is 0.508 e. The summed E-state index contributed by atoms with van der Waals surface area (Å²) in [5, 5.41) is 9.76. The Bertz CT molecular complexity index is 835. The van der Waals surface area contributed by atoms with Gasteiger partial charge in [0, 0.05) is 19.0 Å². The monoisotopic (exact) mass is 338 g/mol. The van der Waals surface area contributed by atoms with Gasteiger partial charge in [0.2, 0.25) is 0 Å². The highest BCUT2D eigenvalue weighted by atomic mass is 16.5. The van der Waals surface area contributed by atoms with Crippen molar-refractivity contribution in [2.75, 3.05) is 6.61 Å². The Morgan fingerprint density at radius 3 is 2.56 bits per heavy atom. The van der Waals surface area contributed by atoms with Gasteiger partial charge in [-0.05, 0) is 49.1 Å². The molecule has 4 heteroatoms. The molecule has 0 aliphatic heterocycles. The molecule has 0 bridgehead atoms. The maximum absolute atomic E-state index is 9.76. The van der Waals surface area contributed by atoms with E-state index < -0.39 is 0 Å². The van der Waals surface area contributed by atoms with E-state index in [9.17, 15) is 5.11 Å². The molecule has 0 radical (unpaired) electrons. The third-order valence-corrected chi connectivity index (χ3v) is 4.34. The number of aromatic hydroxyl groups is 1. The van der Waals surface area contributed by atoms with Crippen molar-refractivity contribution in [1.29, 1.82) is 0 Å². The summed E-state index contributed by atoms with van der Waals surface area (Å²) < 4.78 is 7.80. The third kappa shape index (κ3) is 4.13. The Kier molecular flexibility index (Phi) is 5.27. The molecule has 0 fully saturated rings. The van der Waals surface area contributed by atoms with E-state index in [1.165, 1.54) is 5.56 Å². The minimum absolute atomic E-state index is 0.258. The highest BCUT2D eigenvalue weighted by Crippen LogP contribution is 2.24. The van der Waals surface area contributed by atoms with Crippen molar-refractivity contribution in [3.8, 4) is 11.5 Å². The molecule has 4 nitrogen and oxygen atoms in total. The molecule has 0 atom stereocenters. The summed E-state index contributed by atoms with van der Waals surface area (Å²) >= 11 is 0. The molecule has 25 heavy (non-hydrogen) atoms. The van der Waals surface area contributed by atoms with E-state index in [2.05, 4.69) is 30.5 Å². The van der Waals surface area contributed by atoms with Crippen LogP contribution in [0.1, 0.15) is 38.6 Å². The standard InChI is InChI=1S/C21H26N2O2/c1-4-25-18-8-5-16(6-9-18)13-21-22-19-14-17(24)7-10-20(19)23(21)12-11-15(2)3/h5-10,14-15,24H,4,11-13H2,1-3H3. The quantitative estimate of drug-likeness (QED) is 0.674. The molecule has 0 unspecified atom stereocenters. The van der Waals surface area contributed by atoms with Crippen molar-refractivity contribution in [3.63, 3.8) is 0 Å². The van der Waals surface area contributed by atoms with E-state index in [0.717, 1.165) is 42.0 Å². The second-order valence-corrected chi connectivity index (χ2v) is 6.79. The van der Waals surface area contributed by atoms with Crippen LogP contribution < -0.4 is 4.74 Å². The molecule has 1 aromatic heterocycles. The Balaban J connectivity index is 1.91. The minimum Gasteiger partial charge on any atom is -0.508 e. The number of phenols is 1. The van der Waals surface area contributed by atoms with Crippen LogP contribution in [0.2, 0.25) is 0 Å². The van der Waals surface area contributed by atoms with Gasteiger partial charge in [-0.2, -0.15) is 0 Å². The summed E-state index contributed by atoms with van der Waals surface area (Å²) in [7, 11) is 0. The van der Waals surface area contributed by atoms with Gasteiger partial charge in [0.15, 0.2) is 0 Å². The van der Waals surface area contributed by atoms with Crippen LogP contribution in [0.15, 0.2) is 42.5 Å². The number of nitrogens with zero attached hydrogens (tertiary/aromatic N) is 2. The van der Waals surface area contributed by atoms with Crippen molar-refractivity contribution < 1.29 is 9.84 Å². The minimum atomic E-state index is 0.258. The maximum Gasteiger partial charge on any atom is 0.119 e. The fraction of sp³-hybridized carbons (Fsp3) is 0.381. The first-order valence-corrected chi connectivity index (χ1v) is 8.96. The zero-order valence-corrected chi connectivity index (χ0v) is 15.2. The van der Waals surface area contributed by atoms with E-state index >= 15 is 0 Å². The molecule has 2 aromatic carbocycles. The van der Waals surface area contributed by atoms with Gasteiger partial charge in [-0.1, -0.05) is 26.0 Å². The van der Waals surface area contributed by atoms with Crippen molar-refractivity contribution in [3.05, 3.63) is 53.9 Å². The summed E-state index contributed by atoms with van der Waals surface area (Å²) in [6.07, 6.45) is 1.86. The number of imidazole rings is 1. The number of hydrogen-bond donors (Lipinski definition) is 1. The van der Waals surface area contributed by atoms with Crippen LogP contribution in [-0.2, 0) is 13.0 Å². The number of aromatic nitrogens is 2. The second kappa shape index (κ2) is 7.60. The van der Waals surface area contributed by atoms with Crippen LogP contribution in [0.3, 0.4) is 0 Å². The SMILES string of the molecule is CCOc1ccc(Cc2nc3cc(O)ccc3n2CCC(C)C)cc1. The summed E-state index contributed by atoms with van der Waals surface area (Å²) in [4.78, 5) is 4.78. The van der Waals surface area contributed by atoms with Gasteiger partial charge in [-0.3, -0.25) is 0 Å². The lowest BCUT2D eigenvalue weighted by atomic mass is 10.1. The number of benzene rings is 2. The third-order valence-electron chi connectivity index (χ3n) is 4.34. The van der Waals surface area contributed by atoms with Crippen molar-refractivity contribution in [2.24, 2.45) is 5.92 Å². The Hall–Kier alpha value is -2.49. The molecule has 0 saturated carbocycles. The van der Waals surface area contributed by atoms with Gasteiger partial charge in [0.25, 0.3) is 0 Å².